The lowest BCUT2D eigenvalue weighted by molar-refractivity contribution is -0.140. The summed E-state index contributed by atoms with van der Waals surface area (Å²) >= 11 is 6.25. The van der Waals surface area contributed by atoms with E-state index in [9.17, 15) is 18.0 Å². The average molecular weight is 508 g/mol. The molecule has 1 N–H and O–H groups in total. The third-order valence-corrected chi connectivity index (χ3v) is 6.75. The van der Waals surface area contributed by atoms with Crippen LogP contribution in [0.3, 0.4) is 0 Å². The van der Waals surface area contributed by atoms with E-state index >= 15 is 0 Å². The van der Waals surface area contributed by atoms with Crippen LogP contribution in [0.15, 0.2) is 48.5 Å². The molecule has 0 saturated carbocycles. The van der Waals surface area contributed by atoms with Gasteiger partial charge in [-0.15, -0.1) is 0 Å². The Morgan fingerprint density at radius 3 is 2.32 bits per heavy atom. The number of rotatable bonds is 11. The van der Waals surface area contributed by atoms with Crippen molar-refractivity contribution in [1.29, 1.82) is 0 Å². The monoisotopic (exact) mass is 507 g/mol. The van der Waals surface area contributed by atoms with Crippen molar-refractivity contribution in [3.63, 3.8) is 0 Å². The molecule has 7 nitrogen and oxygen atoms in total. The fraction of sp³-hybridized carbons (Fsp3) is 0.440. The van der Waals surface area contributed by atoms with E-state index in [-0.39, 0.29) is 29.1 Å². The summed E-state index contributed by atoms with van der Waals surface area (Å²) in [5.41, 5.74) is 2.09. The first-order valence-electron chi connectivity index (χ1n) is 11.3. The first-order valence-corrected chi connectivity index (χ1v) is 13.5. The summed E-state index contributed by atoms with van der Waals surface area (Å²) in [6.07, 6.45) is 1.41. The van der Waals surface area contributed by atoms with E-state index in [1.54, 1.807) is 24.3 Å². The second-order valence-corrected chi connectivity index (χ2v) is 11.1. The van der Waals surface area contributed by atoms with Crippen LogP contribution in [0.1, 0.15) is 38.3 Å². The summed E-state index contributed by atoms with van der Waals surface area (Å²) in [7, 11) is -3.82. The molecule has 0 heterocycles. The molecule has 0 aliphatic rings. The Morgan fingerprint density at radius 1 is 1.09 bits per heavy atom. The van der Waals surface area contributed by atoms with Gasteiger partial charge in [0.25, 0.3) is 0 Å². The number of hydrogen-bond donors (Lipinski definition) is 1. The van der Waals surface area contributed by atoms with Gasteiger partial charge in [0.1, 0.15) is 12.6 Å². The van der Waals surface area contributed by atoms with Gasteiger partial charge in [0.2, 0.25) is 21.8 Å². The van der Waals surface area contributed by atoms with E-state index in [1.165, 1.54) is 4.90 Å². The van der Waals surface area contributed by atoms with Gasteiger partial charge in [-0.2, -0.15) is 0 Å². The van der Waals surface area contributed by atoms with Gasteiger partial charge in [-0.25, -0.2) is 8.42 Å². The third kappa shape index (κ3) is 7.74. The fourth-order valence-electron chi connectivity index (χ4n) is 3.60. The molecule has 9 heteroatoms. The van der Waals surface area contributed by atoms with Gasteiger partial charge >= 0.3 is 0 Å². The molecule has 0 aromatic heterocycles. The molecule has 1 atom stereocenters. The lowest BCUT2D eigenvalue weighted by Gasteiger charge is -2.33. The largest absolute Gasteiger partial charge is 0.354 e. The van der Waals surface area contributed by atoms with Crippen molar-refractivity contribution in [2.75, 3.05) is 23.7 Å². The van der Waals surface area contributed by atoms with Crippen LogP contribution < -0.4 is 9.62 Å². The average Bonchev–Trinajstić information content (AvgIpc) is 2.75. The number of hydrogen-bond acceptors (Lipinski definition) is 4. The maximum Gasteiger partial charge on any atom is 0.244 e. The standard InChI is InChI=1S/C25H34ClN3O4S/c1-6-22(25(31)27-15-18(2)3)28(16-20-11-9-10-19(4)14-20)24(30)17-29(34(5,32)33)23-13-8-7-12-21(23)26/h7-14,18,22H,6,15-17H2,1-5H3,(H,27,31). The fourth-order valence-corrected chi connectivity index (χ4v) is 4.75. The van der Waals surface area contributed by atoms with E-state index in [2.05, 4.69) is 5.32 Å². The van der Waals surface area contributed by atoms with Gasteiger partial charge in [0.15, 0.2) is 0 Å². The van der Waals surface area contributed by atoms with Gasteiger partial charge in [-0.05, 0) is 37.0 Å². The van der Waals surface area contributed by atoms with Crippen molar-refractivity contribution in [3.8, 4) is 0 Å². The minimum Gasteiger partial charge on any atom is -0.354 e. The molecular weight excluding hydrogens is 474 g/mol. The van der Waals surface area contributed by atoms with Crippen molar-refractivity contribution in [3.05, 3.63) is 64.7 Å². The maximum absolute atomic E-state index is 13.6. The van der Waals surface area contributed by atoms with E-state index in [4.69, 9.17) is 11.6 Å². The molecular formula is C25H34ClN3O4S. The van der Waals surface area contributed by atoms with Crippen LogP contribution >= 0.6 is 11.6 Å². The van der Waals surface area contributed by atoms with E-state index in [0.717, 1.165) is 21.7 Å². The normalized spacial score (nSPS) is 12.3. The maximum atomic E-state index is 13.6. The van der Waals surface area contributed by atoms with Gasteiger partial charge in [0, 0.05) is 13.1 Å². The Bertz CT molecular complexity index is 1100. The van der Waals surface area contributed by atoms with Crippen LogP contribution in [-0.4, -0.2) is 50.5 Å². The highest BCUT2D eigenvalue weighted by molar-refractivity contribution is 7.92. The minimum atomic E-state index is -3.82. The molecule has 0 fully saturated rings. The summed E-state index contributed by atoms with van der Waals surface area (Å²) in [4.78, 5) is 28.1. The van der Waals surface area contributed by atoms with Crippen molar-refractivity contribution in [2.45, 2.75) is 46.7 Å². The highest BCUT2D eigenvalue weighted by Gasteiger charge is 2.32. The zero-order valence-corrected chi connectivity index (χ0v) is 22.0. The number of para-hydroxylation sites is 1. The lowest BCUT2D eigenvalue weighted by atomic mass is 10.1. The highest BCUT2D eigenvalue weighted by atomic mass is 35.5. The summed E-state index contributed by atoms with van der Waals surface area (Å²) in [5, 5.41) is 3.12. The number of sulfonamides is 1. The Hall–Kier alpha value is -2.58. The molecule has 0 spiro atoms. The van der Waals surface area contributed by atoms with Gasteiger partial charge in [-0.3, -0.25) is 13.9 Å². The van der Waals surface area contributed by atoms with E-state index in [0.29, 0.717) is 13.0 Å². The summed E-state index contributed by atoms with van der Waals surface area (Å²) < 4.78 is 26.2. The molecule has 0 saturated heterocycles. The summed E-state index contributed by atoms with van der Waals surface area (Å²) in [6, 6.07) is 13.4. The lowest BCUT2D eigenvalue weighted by Crippen LogP contribution is -2.52. The number of amides is 2. The number of benzene rings is 2. The second-order valence-electron chi connectivity index (χ2n) is 8.79. The molecule has 0 aliphatic heterocycles. The molecule has 0 radical (unpaired) electrons. The van der Waals surface area contributed by atoms with Crippen molar-refractivity contribution < 1.29 is 18.0 Å². The number of carbonyl (C=O) groups excluding carboxylic acids is 2. The van der Waals surface area contributed by atoms with E-state index < -0.39 is 28.5 Å². The molecule has 2 amide bonds. The Morgan fingerprint density at radius 2 is 1.76 bits per heavy atom. The Kier molecular flexibility index (Phi) is 9.94. The zero-order valence-electron chi connectivity index (χ0n) is 20.4. The van der Waals surface area contributed by atoms with Crippen molar-refractivity contribution in [2.24, 2.45) is 5.92 Å². The first kappa shape index (κ1) is 27.7. The second kappa shape index (κ2) is 12.2. The van der Waals surface area contributed by atoms with Crippen LogP contribution in [0.4, 0.5) is 5.69 Å². The van der Waals surface area contributed by atoms with E-state index in [1.807, 2.05) is 52.0 Å². The van der Waals surface area contributed by atoms with Gasteiger partial charge in [-0.1, -0.05) is 74.3 Å². The number of anilines is 1. The smallest absolute Gasteiger partial charge is 0.244 e. The molecule has 0 aliphatic carbocycles. The van der Waals surface area contributed by atoms with Crippen LogP contribution in [0.25, 0.3) is 0 Å². The number of nitrogens with one attached hydrogen (secondary N) is 1. The van der Waals surface area contributed by atoms with Crippen LogP contribution in [0.5, 0.6) is 0 Å². The SMILES string of the molecule is CCC(C(=O)NCC(C)C)N(Cc1cccc(C)c1)C(=O)CN(c1ccccc1Cl)S(C)(=O)=O. The minimum absolute atomic E-state index is 0.175. The number of aryl methyl sites for hydroxylation is 1. The molecule has 0 bridgehead atoms. The van der Waals surface area contributed by atoms with Gasteiger partial charge in [0.05, 0.1) is 17.0 Å². The Labute approximate surface area is 208 Å². The van der Waals surface area contributed by atoms with Crippen LogP contribution in [0, 0.1) is 12.8 Å². The summed E-state index contributed by atoms with van der Waals surface area (Å²) in [6.45, 7) is 7.95. The molecule has 2 aromatic rings. The molecule has 186 valence electrons. The highest BCUT2D eigenvalue weighted by Crippen LogP contribution is 2.27. The van der Waals surface area contributed by atoms with Gasteiger partial charge < -0.3 is 10.2 Å². The number of carbonyl (C=O) groups is 2. The van der Waals surface area contributed by atoms with Crippen molar-refractivity contribution >= 4 is 39.1 Å². The predicted octanol–water partition coefficient (Wildman–Crippen LogP) is 3.99. The zero-order chi connectivity index (χ0) is 25.5. The Balaban J connectivity index is 2.43. The number of nitrogens with zero attached hydrogens (tertiary/aromatic N) is 2. The first-order chi connectivity index (χ1) is 15.9. The molecule has 2 aromatic carbocycles. The quantitative estimate of drug-likeness (QED) is 0.498. The molecule has 2 rings (SSSR count). The molecule has 1 unspecified atom stereocenters. The molecule has 34 heavy (non-hydrogen) atoms. The number of halogens is 1. The summed E-state index contributed by atoms with van der Waals surface area (Å²) in [5.74, 6) is -0.498. The van der Waals surface area contributed by atoms with Crippen LogP contribution in [0.2, 0.25) is 5.02 Å². The third-order valence-electron chi connectivity index (χ3n) is 5.31. The van der Waals surface area contributed by atoms with Crippen molar-refractivity contribution in [1.82, 2.24) is 10.2 Å². The van der Waals surface area contributed by atoms with Crippen LogP contribution in [-0.2, 0) is 26.2 Å². The topological polar surface area (TPSA) is 86.8 Å². The predicted molar refractivity (Wildman–Crippen MR) is 137 cm³/mol.